The van der Waals surface area contributed by atoms with Gasteiger partial charge in [0.05, 0.1) is 6.04 Å². The second kappa shape index (κ2) is 5.97. The van der Waals surface area contributed by atoms with E-state index >= 15 is 0 Å². The molecule has 0 bridgehead atoms. The van der Waals surface area contributed by atoms with Crippen LogP contribution in [0.3, 0.4) is 0 Å². The molecule has 1 saturated heterocycles. The van der Waals surface area contributed by atoms with Crippen LogP contribution in [-0.4, -0.2) is 16.7 Å². The van der Waals surface area contributed by atoms with Crippen LogP contribution in [-0.2, 0) is 12.8 Å². The third kappa shape index (κ3) is 3.20. The fourth-order valence-electron chi connectivity index (χ4n) is 2.47. The SMILES string of the molecule is c1ccc(CCc2noc([C@@H]3CCCCN3)n2)cc1. The van der Waals surface area contributed by atoms with E-state index in [4.69, 9.17) is 4.52 Å². The van der Waals surface area contributed by atoms with E-state index in [1.54, 1.807) is 0 Å². The van der Waals surface area contributed by atoms with E-state index in [0.717, 1.165) is 37.5 Å². The summed E-state index contributed by atoms with van der Waals surface area (Å²) in [6, 6.07) is 10.7. The minimum Gasteiger partial charge on any atom is -0.338 e. The Morgan fingerprint density at radius 1 is 1.16 bits per heavy atom. The number of nitrogens with one attached hydrogen (secondary N) is 1. The zero-order valence-electron chi connectivity index (χ0n) is 11.0. The van der Waals surface area contributed by atoms with Crippen LogP contribution in [0.1, 0.15) is 42.6 Å². The van der Waals surface area contributed by atoms with Gasteiger partial charge in [0.2, 0.25) is 5.89 Å². The van der Waals surface area contributed by atoms with Gasteiger partial charge >= 0.3 is 0 Å². The van der Waals surface area contributed by atoms with Crippen molar-refractivity contribution in [2.75, 3.05) is 6.54 Å². The molecule has 4 nitrogen and oxygen atoms in total. The molecular formula is C15H19N3O. The molecule has 100 valence electrons. The van der Waals surface area contributed by atoms with Crippen LogP contribution in [0.4, 0.5) is 0 Å². The summed E-state index contributed by atoms with van der Waals surface area (Å²) >= 11 is 0. The fourth-order valence-corrected chi connectivity index (χ4v) is 2.47. The molecule has 3 rings (SSSR count). The molecule has 1 N–H and O–H groups in total. The van der Waals surface area contributed by atoms with Gasteiger partial charge in [0, 0.05) is 6.42 Å². The minimum atomic E-state index is 0.256. The molecule has 1 aliphatic rings. The highest BCUT2D eigenvalue weighted by molar-refractivity contribution is 5.15. The maximum Gasteiger partial charge on any atom is 0.243 e. The zero-order valence-corrected chi connectivity index (χ0v) is 11.0. The Balaban J connectivity index is 1.58. The summed E-state index contributed by atoms with van der Waals surface area (Å²) in [4.78, 5) is 4.51. The third-order valence-corrected chi connectivity index (χ3v) is 3.57. The summed E-state index contributed by atoms with van der Waals surface area (Å²) in [5.41, 5.74) is 1.31. The molecule has 1 aromatic carbocycles. The van der Waals surface area contributed by atoms with E-state index in [-0.39, 0.29) is 6.04 Å². The van der Waals surface area contributed by atoms with Crippen molar-refractivity contribution in [1.82, 2.24) is 15.5 Å². The molecule has 0 spiro atoms. The van der Waals surface area contributed by atoms with Gasteiger partial charge in [0.25, 0.3) is 0 Å². The first-order valence-electron chi connectivity index (χ1n) is 7.01. The Bertz CT molecular complexity index is 503. The van der Waals surface area contributed by atoms with Gasteiger partial charge < -0.3 is 9.84 Å². The van der Waals surface area contributed by atoms with Gasteiger partial charge in [-0.05, 0) is 31.4 Å². The summed E-state index contributed by atoms with van der Waals surface area (Å²) < 4.78 is 5.37. The smallest absolute Gasteiger partial charge is 0.243 e. The van der Waals surface area contributed by atoms with Crippen LogP contribution in [0.5, 0.6) is 0 Å². The monoisotopic (exact) mass is 257 g/mol. The quantitative estimate of drug-likeness (QED) is 0.915. The molecule has 1 aromatic heterocycles. The van der Waals surface area contributed by atoms with E-state index in [1.165, 1.54) is 18.4 Å². The Kier molecular flexibility index (Phi) is 3.89. The largest absolute Gasteiger partial charge is 0.338 e. The summed E-state index contributed by atoms with van der Waals surface area (Å²) in [5.74, 6) is 1.56. The summed E-state index contributed by atoms with van der Waals surface area (Å²) in [6.45, 7) is 1.05. The molecule has 0 unspecified atom stereocenters. The molecule has 0 saturated carbocycles. The van der Waals surface area contributed by atoms with E-state index in [1.807, 2.05) is 6.07 Å². The van der Waals surface area contributed by atoms with Crippen LogP contribution < -0.4 is 5.32 Å². The molecule has 1 fully saturated rings. The molecule has 0 aliphatic carbocycles. The minimum absolute atomic E-state index is 0.256. The Morgan fingerprint density at radius 2 is 2.05 bits per heavy atom. The predicted octanol–water partition coefficient (Wildman–Crippen LogP) is 2.67. The van der Waals surface area contributed by atoms with Gasteiger partial charge in [-0.2, -0.15) is 4.98 Å². The maximum absolute atomic E-state index is 5.37. The number of piperidine rings is 1. The van der Waals surface area contributed by atoms with Gasteiger partial charge in [0.15, 0.2) is 5.82 Å². The molecule has 1 atom stereocenters. The number of hydrogen-bond acceptors (Lipinski definition) is 4. The second-order valence-electron chi connectivity index (χ2n) is 5.04. The van der Waals surface area contributed by atoms with Gasteiger partial charge in [-0.15, -0.1) is 0 Å². The molecule has 1 aliphatic heterocycles. The van der Waals surface area contributed by atoms with Crippen molar-refractivity contribution in [3.8, 4) is 0 Å². The van der Waals surface area contributed by atoms with Crippen LogP contribution in [0.15, 0.2) is 34.9 Å². The van der Waals surface area contributed by atoms with Crippen molar-refractivity contribution >= 4 is 0 Å². The highest BCUT2D eigenvalue weighted by Gasteiger charge is 2.20. The van der Waals surface area contributed by atoms with Crippen LogP contribution >= 0.6 is 0 Å². The van der Waals surface area contributed by atoms with Crippen molar-refractivity contribution in [2.45, 2.75) is 38.1 Å². The normalized spacial score (nSPS) is 19.5. The number of aromatic nitrogens is 2. The number of aryl methyl sites for hydroxylation is 2. The standard InChI is InChI=1S/C15H19N3O/c1-2-6-12(7-3-1)9-10-14-17-15(19-18-14)13-8-4-5-11-16-13/h1-3,6-7,13,16H,4-5,8-11H2/t13-/m0/s1. The highest BCUT2D eigenvalue weighted by atomic mass is 16.5. The van der Waals surface area contributed by atoms with Crippen molar-refractivity contribution in [1.29, 1.82) is 0 Å². The molecular weight excluding hydrogens is 238 g/mol. The Morgan fingerprint density at radius 3 is 2.84 bits per heavy atom. The number of rotatable bonds is 4. The second-order valence-corrected chi connectivity index (χ2v) is 5.04. The molecule has 0 amide bonds. The number of nitrogens with zero attached hydrogens (tertiary/aromatic N) is 2. The summed E-state index contributed by atoms with van der Waals surface area (Å²) in [5, 5.41) is 7.51. The van der Waals surface area contributed by atoms with Crippen molar-refractivity contribution in [2.24, 2.45) is 0 Å². The van der Waals surface area contributed by atoms with Crippen LogP contribution in [0.25, 0.3) is 0 Å². The van der Waals surface area contributed by atoms with Crippen LogP contribution in [0.2, 0.25) is 0 Å². The lowest BCUT2D eigenvalue weighted by molar-refractivity contribution is 0.296. The van der Waals surface area contributed by atoms with Gasteiger partial charge in [-0.1, -0.05) is 41.9 Å². The highest BCUT2D eigenvalue weighted by Crippen LogP contribution is 2.21. The molecule has 2 aromatic rings. The first-order chi connectivity index (χ1) is 9.42. The fraction of sp³-hybridized carbons (Fsp3) is 0.467. The average Bonchev–Trinajstić information content (AvgIpc) is 2.96. The molecule has 4 heteroatoms. The van der Waals surface area contributed by atoms with Gasteiger partial charge in [0.1, 0.15) is 0 Å². The number of benzene rings is 1. The lowest BCUT2D eigenvalue weighted by Crippen LogP contribution is -2.27. The summed E-state index contributed by atoms with van der Waals surface area (Å²) in [6.07, 6.45) is 5.36. The molecule has 19 heavy (non-hydrogen) atoms. The molecule has 0 radical (unpaired) electrons. The Labute approximate surface area is 113 Å². The van der Waals surface area contributed by atoms with E-state index in [0.29, 0.717) is 0 Å². The average molecular weight is 257 g/mol. The predicted molar refractivity (Wildman–Crippen MR) is 72.7 cm³/mol. The van der Waals surface area contributed by atoms with Crippen molar-refractivity contribution in [3.63, 3.8) is 0 Å². The Hall–Kier alpha value is -1.68. The molecule has 2 heterocycles. The maximum atomic E-state index is 5.37. The van der Waals surface area contributed by atoms with Gasteiger partial charge in [-0.25, -0.2) is 0 Å². The lowest BCUT2D eigenvalue weighted by Gasteiger charge is -2.19. The van der Waals surface area contributed by atoms with E-state index < -0.39 is 0 Å². The van der Waals surface area contributed by atoms with Crippen LogP contribution in [0, 0.1) is 0 Å². The van der Waals surface area contributed by atoms with E-state index in [2.05, 4.69) is 39.7 Å². The summed E-state index contributed by atoms with van der Waals surface area (Å²) in [7, 11) is 0. The van der Waals surface area contributed by atoms with Crippen molar-refractivity contribution < 1.29 is 4.52 Å². The van der Waals surface area contributed by atoms with E-state index in [9.17, 15) is 0 Å². The first-order valence-corrected chi connectivity index (χ1v) is 7.01. The van der Waals surface area contributed by atoms with Gasteiger partial charge in [-0.3, -0.25) is 0 Å². The zero-order chi connectivity index (χ0) is 12.9. The lowest BCUT2D eigenvalue weighted by atomic mass is 10.1. The van der Waals surface area contributed by atoms with Crippen molar-refractivity contribution in [3.05, 3.63) is 47.6 Å². The first kappa shape index (κ1) is 12.4. The topological polar surface area (TPSA) is 51.0 Å². The number of hydrogen-bond donors (Lipinski definition) is 1. The third-order valence-electron chi connectivity index (χ3n) is 3.57.